The van der Waals surface area contributed by atoms with Crippen molar-refractivity contribution in [3.05, 3.63) is 0 Å². The van der Waals surface area contributed by atoms with Crippen molar-refractivity contribution in [2.45, 2.75) is 31.8 Å². The fourth-order valence-corrected chi connectivity index (χ4v) is 1.87. The molecule has 2 aliphatic rings. The predicted molar refractivity (Wildman–Crippen MR) is 49.6 cm³/mol. The summed E-state index contributed by atoms with van der Waals surface area (Å²) in [5.74, 6) is 0.783. The van der Waals surface area contributed by atoms with E-state index < -0.39 is 0 Å². The Bertz CT molecular complexity index is 183. The van der Waals surface area contributed by atoms with E-state index in [2.05, 4.69) is 5.32 Å². The first-order valence-electron chi connectivity index (χ1n) is 5.21. The second-order valence-electron chi connectivity index (χ2n) is 4.00. The predicted octanol–water partition coefficient (Wildman–Crippen LogP) is 0.734. The molecule has 0 spiro atoms. The van der Waals surface area contributed by atoms with Gasteiger partial charge in [0.2, 0.25) is 0 Å². The number of hydrogen-bond acceptors (Lipinski definition) is 3. The van der Waals surface area contributed by atoms with E-state index >= 15 is 0 Å². The summed E-state index contributed by atoms with van der Waals surface area (Å²) >= 11 is 0. The van der Waals surface area contributed by atoms with Crippen LogP contribution in [0.15, 0.2) is 0 Å². The lowest BCUT2D eigenvalue weighted by Crippen LogP contribution is -2.40. The molecule has 0 aromatic heterocycles. The van der Waals surface area contributed by atoms with Gasteiger partial charge in [-0.15, -0.1) is 0 Å². The fourth-order valence-electron chi connectivity index (χ4n) is 1.87. The van der Waals surface area contributed by atoms with Crippen molar-refractivity contribution in [1.29, 1.82) is 0 Å². The molecule has 1 aliphatic carbocycles. The molecule has 0 amide bonds. The quantitative estimate of drug-likeness (QED) is 0.701. The van der Waals surface area contributed by atoms with Gasteiger partial charge in [0.05, 0.1) is 12.7 Å². The molecule has 2 fully saturated rings. The number of ketones is 1. The van der Waals surface area contributed by atoms with E-state index in [-0.39, 0.29) is 6.10 Å². The fraction of sp³-hybridized carbons (Fsp3) is 0.900. The van der Waals surface area contributed by atoms with Gasteiger partial charge in [-0.05, 0) is 12.8 Å². The van der Waals surface area contributed by atoms with Gasteiger partial charge in [-0.3, -0.25) is 4.79 Å². The lowest BCUT2D eigenvalue weighted by atomic mass is 9.80. The van der Waals surface area contributed by atoms with Gasteiger partial charge in [-0.2, -0.15) is 0 Å². The van der Waals surface area contributed by atoms with Crippen LogP contribution in [-0.2, 0) is 9.53 Å². The first-order valence-corrected chi connectivity index (χ1v) is 5.21. The normalized spacial score (nSPS) is 29.7. The molecule has 3 heteroatoms. The molecule has 1 unspecified atom stereocenters. The number of carbonyl (C=O) groups is 1. The monoisotopic (exact) mass is 183 g/mol. The molecule has 0 aromatic carbocycles. The highest BCUT2D eigenvalue weighted by Crippen LogP contribution is 2.28. The van der Waals surface area contributed by atoms with Crippen LogP contribution in [0.25, 0.3) is 0 Å². The van der Waals surface area contributed by atoms with Gasteiger partial charge in [-0.25, -0.2) is 0 Å². The van der Waals surface area contributed by atoms with Gasteiger partial charge in [0.1, 0.15) is 5.78 Å². The zero-order valence-corrected chi connectivity index (χ0v) is 7.92. The third kappa shape index (κ3) is 2.29. The summed E-state index contributed by atoms with van der Waals surface area (Å²) in [6.45, 7) is 2.52. The molecular weight excluding hydrogens is 166 g/mol. The van der Waals surface area contributed by atoms with E-state index in [1.54, 1.807) is 0 Å². The molecule has 0 aromatic rings. The van der Waals surface area contributed by atoms with E-state index in [0.29, 0.717) is 18.1 Å². The molecule has 1 heterocycles. The molecule has 1 aliphatic heterocycles. The first-order chi connectivity index (χ1) is 6.36. The molecule has 0 bridgehead atoms. The van der Waals surface area contributed by atoms with Gasteiger partial charge in [0.25, 0.3) is 0 Å². The van der Waals surface area contributed by atoms with Crippen LogP contribution in [0.1, 0.15) is 25.7 Å². The SMILES string of the molecule is O=C(CC1CNCCO1)C1CCC1. The average molecular weight is 183 g/mol. The average Bonchev–Trinajstić information content (AvgIpc) is 2.02. The maximum atomic E-state index is 11.6. The summed E-state index contributed by atoms with van der Waals surface area (Å²) in [4.78, 5) is 11.6. The van der Waals surface area contributed by atoms with Crippen LogP contribution in [-0.4, -0.2) is 31.6 Å². The zero-order valence-electron chi connectivity index (χ0n) is 7.92. The molecule has 1 atom stereocenters. The van der Waals surface area contributed by atoms with Crippen LogP contribution in [0.4, 0.5) is 0 Å². The standard InChI is InChI=1S/C10H17NO2/c12-10(8-2-1-3-8)6-9-7-11-4-5-13-9/h8-9,11H,1-7H2. The van der Waals surface area contributed by atoms with Crippen LogP contribution in [0.2, 0.25) is 0 Å². The maximum absolute atomic E-state index is 11.6. The van der Waals surface area contributed by atoms with Crippen molar-refractivity contribution in [1.82, 2.24) is 5.32 Å². The minimum Gasteiger partial charge on any atom is -0.375 e. The van der Waals surface area contributed by atoms with Crippen molar-refractivity contribution in [2.24, 2.45) is 5.92 Å². The Morgan fingerprint density at radius 1 is 1.46 bits per heavy atom. The van der Waals surface area contributed by atoms with Gasteiger partial charge in [-0.1, -0.05) is 6.42 Å². The van der Waals surface area contributed by atoms with Crippen molar-refractivity contribution >= 4 is 5.78 Å². The molecule has 2 rings (SSSR count). The summed E-state index contributed by atoms with van der Waals surface area (Å²) in [5, 5.41) is 3.24. The minimum atomic E-state index is 0.141. The first kappa shape index (κ1) is 9.16. The number of Topliss-reactive ketones (excluding diaryl/α,β-unsaturated/α-hetero) is 1. The van der Waals surface area contributed by atoms with Gasteiger partial charge in [0, 0.05) is 25.4 Å². The Balaban J connectivity index is 1.72. The number of carbonyl (C=O) groups excluding carboxylic acids is 1. The summed E-state index contributed by atoms with van der Waals surface area (Å²) in [6.07, 6.45) is 4.22. The second kappa shape index (κ2) is 4.20. The van der Waals surface area contributed by atoms with Crippen molar-refractivity contribution < 1.29 is 9.53 Å². The van der Waals surface area contributed by atoms with Crippen LogP contribution < -0.4 is 5.32 Å². The minimum absolute atomic E-state index is 0.141. The highest BCUT2D eigenvalue weighted by molar-refractivity contribution is 5.82. The van der Waals surface area contributed by atoms with E-state index in [4.69, 9.17) is 4.74 Å². The molecule has 13 heavy (non-hydrogen) atoms. The summed E-state index contributed by atoms with van der Waals surface area (Å²) < 4.78 is 5.48. The molecule has 3 nitrogen and oxygen atoms in total. The molecular formula is C10H17NO2. The maximum Gasteiger partial charge on any atom is 0.138 e. The number of ether oxygens (including phenoxy) is 1. The highest BCUT2D eigenvalue weighted by Gasteiger charge is 2.27. The lowest BCUT2D eigenvalue weighted by molar-refractivity contribution is -0.128. The molecule has 0 radical (unpaired) electrons. The van der Waals surface area contributed by atoms with Gasteiger partial charge >= 0.3 is 0 Å². The topological polar surface area (TPSA) is 38.3 Å². The van der Waals surface area contributed by atoms with Crippen molar-refractivity contribution in [3.8, 4) is 0 Å². The van der Waals surface area contributed by atoms with E-state index in [9.17, 15) is 4.79 Å². The highest BCUT2D eigenvalue weighted by atomic mass is 16.5. The third-order valence-electron chi connectivity index (χ3n) is 2.99. The number of morpholine rings is 1. The summed E-state index contributed by atoms with van der Waals surface area (Å²) in [6, 6.07) is 0. The van der Waals surface area contributed by atoms with E-state index in [1.807, 2.05) is 0 Å². The molecule has 1 N–H and O–H groups in total. The zero-order chi connectivity index (χ0) is 9.10. The Hall–Kier alpha value is -0.410. The van der Waals surface area contributed by atoms with Crippen LogP contribution >= 0.6 is 0 Å². The Kier molecular flexibility index (Phi) is 2.96. The largest absolute Gasteiger partial charge is 0.375 e. The Morgan fingerprint density at radius 3 is 2.85 bits per heavy atom. The third-order valence-corrected chi connectivity index (χ3v) is 2.99. The van der Waals surface area contributed by atoms with Gasteiger partial charge < -0.3 is 10.1 Å². The second-order valence-corrected chi connectivity index (χ2v) is 4.00. The van der Waals surface area contributed by atoms with E-state index in [0.717, 1.165) is 32.5 Å². The van der Waals surface area contributed by atoms with E-state index in [1.165, 1.54) is 6.42 Å². The van der Waals surface area contributed by atoms with Crippen LogP contribution in [0.3, 0.4) is 0 Å². The number of rotatable bonds is 3. The van der Waals surface area contributed by atoms with Gasteiger partial charge in [0.15, 0.2) is 0 Å². The number of hydrogen-bond donors (Lipinski definition) is 1. The van der Waals surface area contributed by atoms with Crippen molar-refractivity contribution in [2.75, 3.05) is 19.7 Å². The Morgan fingerprint density at radius 2 is 2.31 bits per heavy atom. The molecule has 1 saturated heterocycles. The smallest absolute Gasteiger partial charge is 0.138 e. The molecule has 1 saturated carbocycles. The van der Waals surface area contributed by atoms with Crippen LogP contribution in [0, 0.1) is 5.92 Å². The molecule has 74 valence electrons. The Labute approximate surface area is 78.8 Å². The summed E-state index contributed by atoms with van der Waals surface area (Å²) in [7, 11) is 0. The van der Waals surface area contributed by atoms with Crippen LogP contribution in [0.5, 0.6) is 0 Å². The number of nitrogens with one attached hydrogen (secondary N) is 1. The summed E-state index contributed by atoms with van der Waals surface area (Å²) in [5.41, 5.74) is 0. The van der Waals surface area contributed by atoms with Crippen molar-refractivity contribution in [3.63, 3.8) is 0 Å². The lowest BCUT2D eigenvalue weighted by Gasteiger charge is -2.28.